The third kappa shape index (κ3) is 3.43. The van der Waals surface area contributed by atoms with Crippen molar-refractivity contribution in [3.63, 3.8) is 0 Å². The molecule has 1 amide bonds. The average Bonchev–Trinajstić information content (AvgIpc) is 2.72. The number of aromatic nitrogens is 1. The molecule has 0 saturated carbocycles. The summed E-state index contributed by atoms with van der Waals surface area (Å²) in [6, 6.07) is 5.44. The van der Waals surface area contributed by atoms with E-state index in [1.807, 2.05) is 13.0 Å². The Morgan fingerprint density at radius 1 is 1.50 bits per heavy atom. The van der Waals surface area contributed by atoms with Gasteiger partial charge in [0.1, 0.15) is 0 Å². The summed E-state index contributed by atoms with van der Waals surface area (Å²) in [7, 11) is 0. The fourth-order valence-electron chi connectivity index (χ4n) is 1.70. The molecule has 2 aromatic rings. The SMILES string of the molecule is CCOCCC(=O)N=Nc1c(O)[nH]c2ccc(Br)cc12. The number of benzene rings is 1. The summed E-state index contributed by atoms with van der Waals surface area (Å²) < 4.78 is 5.92. The summed E-state index contributed by atoms with van der Waals surface area (Å²) in [6.45, 7) is 2.73. The van der Waals surface area contributed by atoms with E-state index in [-0.39, 0.29) is 23.9 Å². The maximum Gasteiger partial charge on any atom is 0.267 e. The lowest BCUT2D eigenvalue weighted by Gasteiger charge is -1.96. The van der Waals surface area contributed by atoms with Crippen LogP contribution in [-0.4, -0.2) is 29.2 Å². The van der Waals surface area contributed by atoms with Gasteiger partial charge in [-0.05, 0) is 25.1 Å². The molecule has 2 N–H and O–H groups in total. The van der Waals surface area contributed by atoms with E-state index in [4.69, 9.17) is 4.74 Å². The van der Waals surface area contributed by atoms with Crippen molar-refractivity contribution in [3.8, 4) is 5.88 Å². The van der Waals surface area contributed by atoms with Crippen molar-refractivity contribution < 1.29 is 14.6 Å². The normalized spacial score (nSPS) is 11.5. The highest BCUT2D eigenvalue weighted by molar-refractivity contribution is 9.10. The van der Waals surface area contributed by atoms with Gasteiger partial charge in [-0.15, -0.1) is 10.2 Å². The summed E-state index contributed by atoms with van der Waals surface area (Å²) >= 11 is 3.35. The average molecular weight is 340 g/mol. The Bertz CT molecular complexity index is 652. The van der Waals surface area contributed by atoms with Crippen LogP contribution >= 0.6 is 15.9 Å². The van der Waals surface area contributed by atoms with E-state index in [1.54, 1.807) is 12.1 Å². The quantitative estimate of drug-likeness (QED) is 0.643. The number of nitrogens with zero attached hydrogens (tertiary/aromatic N) is 2. The van der Waals surface area contributed by atoms with Crippen molar-refractivity contribution in [3.05, 3.63) is 22.7 Å². The molecule has 1 heterocycles. The first-order chi connectivity index (χ1) is 9.61. The van der Waals surface area contributed by atoms with Gasteiger partial charge in [0.25, 0.3) is 5.91 Å². The summed E-state index contributed by atoms with van der Waals surface area (Å²) in [5.74, 6) is -0.498. The van der Waals surface area contributed by atoms with Gasteiger partial charge in [-0.3, -0.25) is 4.79 Å². The summed E-state index contributed by atoms with van der Waals surface area (Å²) in [5.41, 5.74) is 0.979. The third-order valence-electron chi connectivity index (χ3n) is 2.64. The molecule has 0 aliphatic rings. The molecule has 0 spiro atoms. The number of rotatable bonds is 5. The number of aromatic hydroxyl groups is 1. The molecule has 6 nitrogen and oxygen atoms in total. The second kappa shape index (κ2) is 6.62. The van der Waals surface area contributed by atoms with Gasteiger partial charge in [0.05, 0.1) is 18.5 Å². The molecular formula is C13H14BrN3O3. The van der Waals surface area contributed by atoms with Crippen molar-refractivity contribution in [2.24, 2.45) is 10.2 Å². The topological polar surface area (TPSA) is 87.0 Å². The number of azo groups is 1. The number of carbonyl (C=O) groups excluding carboxylic acids is 1. The number of hydrogen-bond donors (Lipinski definition) is 2. The second-order valence-electron chi connectivity index (χ2n) is 4.05. The molecule has 7 heteroatoms. The molecular weight excluding hydrogens is 326 g/mol. The van der Waals surface area contributed by atoms with Gasteiger partial charge in [0.2, 0.25) is 5.88 Å². The monoisotopic (exact) mass is 339 g/mol. The lowest BCUT2D eigenvalue weighted by atomic mass is 10.2. The van der Waals surface area contributed by atoms with Gasteiger partial charge in [0, 0.05) is 16.5 Å². The first kappa shape index (κ1) is 14.7. The summed E-state index contributed by atoms with van der Waals surface area (Å²) in [5, 5.41) is 17.9. The second-order valence-corrected chi connectivity index (χ2v) is 4.97. The maximum atomic E-state index is 11.5. The minimum Gasteiger partial charge on any atom is -0.493 e. The van der Waals surface area contributed by atoms with Crippen molar-refractivity contribution >= 4 is 38.4 Å². The van der Waals surface area contributed by atoms with E-state index in [0.717, 1.165) is 9.99 Å². The van der Waals surface area contributed by atoms with E-state index in [2.05, 4.69) is 31.1 Å². The number of aromatic amines is 1. The molecule has 1 aromatic heterocycles. The van der Waals surface area contributed by atoms with Crippen LogP contribution in [-0.2, 0) is 9.53 Å². The van der Waals surface area contributed by atoms with Crippen LogP contribution in [0.25, 0.3) is 10.9 Å². The number of H-pyrrole nitrogens is 1. The van der Waals surface area contributed by atoms with Crippen LogP contribution in [0, 0.1) is 0 Å². The van der Waals surface area contributed by atoms with Gasteiger partial charge >= 0.3 is 0 Å². The Labute approximate surface area is 124 Å². The van der Waals surface area contributed by atoms with Gasteiger partial charge in [-0.1, -0.05) is 15.9 Å². The molecule has 0 radical (unpaired) electrons. The van der Waals surface area contributed by atoms with Crippen LogP contribution in [0.1, 0.15) is 13.3 Å². The van der Waals surface area contributed by atoms with Gasteiger partial charge in [0.15, 0.2) is 5.69 Å². The number of nitrogens with one attached hydrogen (secondary N) is 1. The molecule has 0 aliphatic carbocycles. The van der Waals surface area contributed by atoms with E-state index in [9.17, 15) is 9.90 Å². The Balaban J connectivity index is 2.18. The van der Waals surface area contributed by atoms with Crippen LogP contribution in [0.4, 0.5) is 5.69 Å². The Hall–Kier alpha value is -1.73. The van der Waals surface area contributed by atoms with Crippen LogP contribution in [0.15, 0.2) is 32.9 Å². The van der Waals surface area contributed by atoms with E-state index >= 15 is 0 Å². The first-order valence-electron chi connectivity index (χ1n) is 6.14. The van der Waals surface area contributed by atoms with Crippen LogP contribution in [0.5, 0.6) is 5.88 Å². The number of hydrogen-bond acceptors (Lipinski definition) is 4. The largest absolute Gasteiger partial charge is 0.493 e. The highest BCUT2D eigenvalue weighted by atomic mass is 79.9. The van der Waals surface area contributed by atoms with Crippen molar-refractivity contribution in [1.82, 2.24) is 4.98 Å². The zero-order valence-corrected chi connectivity index (χ0v) is 12.5. The number of amides is 1. The smallest absolute Gasteiger partial charge is 0.267 e. The zero-order chi connectivity index (χ0) is 14.5. The molecule has 0 saturated heterocycles. The highest BCUT2D eigenvalue weighted by Gasteiger charge is 2.11. The van der Waals surface area contributed by atoms with Crippen LogP contribution in [0.3, 0.4) is 0 Å². The lowest BCUT2D eigenvalue weighted by molar-refractivity contribution is -0.119. The fraction of sp³-hybridized carbons (Fsp3) is 0.308. The van der Waals surface area contributed by atoms with Gasteiger partial charge in [-0.2, -0.15) is 0 Å². The molecule has 1 aromatic carbocycles. The standard InChI is InChI=1S/C13H14BrN3O3/c1-2-20-6-5-11(18)16-17-12-9-7-8(14)3-4-10(9)15-13(12)19/h3-4,7,15,19H,2,5-6H2,1H3. The molecule has 2 rings (SSSR count). The maximum absolute atomic E-state index is 11.5. The number of halogens is 1. The number of ether oxygens (including phenoxy) is 1. The van der Waals surface area contributed by atoms with Crippen LogP contribution < -0.4 is 0 Å². The molecule has 106 valence electrons. The summed E-state index contributed by atoms with van der Waals surface area (Å²) in [6.07, 6.45) is 0.171. The number of fused-ring (bicyclic) bond motifs is 1. The van der Waals surface area contributed by atoms with E-state index in [0.29, 0.717) is 18.6 Å². The Morgan fingerprint density at radius 3 is 3.05 bits per heavy atom. The van der Waals surface area contributed by atoms with Crippen LogP contribution in [0.2, 0.25) is 0 Å². The predicted molar refractivity (Wildman–Crippen MR) is 78.3 cm³/mol. The lowest BCUT2D eigenvalue weighted by Crippen LogP contribution is -2.00. The molecule has 0 aliphatic heterocycles. The minimum absolute atomic E-state index is 0.112. The Morgan fingerprint density at radius 2 is 2.30 bits per heavy atom. The molecule has 0 atom stereocenters. The predicted octanol–water partition coefficient (Wildman–Crippen LogP) is 3.67. The number of carbonyl (C=O) groups is 1. The molecule has 0 bridgehead atoms. The van der Waals surface area contributed by atoms with Gasteiger partial charge in [-0.25, -0.2) is 0 Å². The van der Waals surface area contributed by atoms with Crippen molar-refractivity contribution in [2.75, 3.05) is 13.2 Å². The molecule has 0 unspecified atom stereocenters. The van der Waals surface area contributed by atoms with E-state index < -0.39 is 0 Å². The zero-order valence-electron chi connectivity index (χ0n) is 10.9. The highest BCUT2D eigenvalue weighted by Crippen LogP contribution is 2.36. The molecule has 0 fully saturated rings. The third-order valence-corrected chi connectivity index (χ3v) is 3.13. The fourth-order valence-corrected chi connectivity index (χ4v) is 2.06. The Kier molecular flexibility index (Phi) is 4.86. The van der Waals surface area contributed by atoms with Gasteiger partial charge < -0.3 is 14.8 Å². The summed E-state index contributed by atoms with van der Waals surface area (Å²) in [4.78, 5) is 14.3. The molecule has 20 heavy (non-hydrogen) atoms. The van der Waals surface area contributed by atoms with E-state index in [1.165, 1.54) is 0 Å². The van der Waals surface area contributed by atoms with Crippen molar-refractivity contribution in [1.29, 1.82) is 0 Å². The first-order valence-corrected chi connectivity index (χ1v) is 6.93. The minimum atomic E-state index is -0.387. The van der Waals surface area contributed by atoms with Crippen molar-refractivity contribution in [2.45, 2.75) is 13.3 Å².